The van der Waals surface area contributed by atoms with E-state index in [0.717, 1.165) is 35.5 Å². The second kappa shape index (κ2) is 9.26. The Kier molecular flexibility index (Phi) is 6.95. The summed E-state index contributed by atoms with van der Waals surface area (Å²) in [5.74, 6) is 0. The van der Waals surface area contributed by atoms with Crippen LogP contribution in [-0.4, -0.2) is 55.4 Å². The van der Waals surface area contributed by atoms with Crippen molar-refractivity contribution in [2.75, 3.05) is 51.8 Å². The molecule has 0 spiro atoms. The van der Waals surface area contributed by atoms with Crippen molar-refractivity contribution in [1.82, 2.24) is 4.72 Å². The summed E-state index contributed by atoms with van der Waals surface area (Å²) in [5, 5.41) is 0. The molecule has 2 aromatic carbocycles. The minimum Gasteiger partial charge on any atom is -0.378 e. The average molecular weight is 419 g/mol. The van der Waals surface area contributed by atoms with Crippen LogP contribution < -0.4 is 14.5 Å². The largest absolute Gasteiger partial charge is 0.378 e. The van der Waals surface area contributed by atoms with Crippen LogP contribution in [0.2, 0.25) is 0 Å². The van der Waals surface area contributed by atoms with Crippen LogP contribution in [-0.2, 0) is 14.8 Å². The molecule has 3 rings (SSSR count). The Morgan fingerprint density at radius 3 is 2.34 bits per heavy atom. The number of aryl methyl sites for hydroxylation is 2. The van der Waals surface area contributed by atoms with E-state index >= 15 is 0 Å². The average Bonchev–Trinajstić information content (AvgIpc) is 2.71. The maximum atomic E-state index is 13.0. The molecular weight excluding hydrogens is 386 g/mol. The number of hydrogen-bond acceptors (Lipinski definition) is 4. The molecule has 0 amide bonds. The first-order valence-corrected chi connectivity index (χ1v) is 11.5. The molecule has 1 aliphatic rings. The molecule has 7 heteroatoms. The predicted molar refractivity (Wildman–Crippen MR) is 116 cm³/mol. The molecule has 1 aliphatic heterocycles. The van der Waals surface area contributed by atoms with Gasteiger partial charge in [0.05, 0.1) is 24.7 Å². The fourth-order valence-electron chi connectivity index (χ4n) is 3.75. The highest BCUT2D eigenvalue weighted by atomic mass is 32.2. The number of benzene rings is 2. The van der Waals surface area contributed by atoms with Crippen LogP contribution in [0.4, 0.5) is 5.69 Å². The van der Waals surface area contributed by atoms with Crippen LogP contribution in [0, 0.1) is 13.8 Å². The van der Waals surface area contributed by atoms with Gasteiger partial charge in [-0.1, -0.05) is 24.3 Å². The number of ether oxygens (including phenoxy) is 1. The van der Waals surface area contributed by atoms with E-state index in [2.05, 4.69) is 33.9 Å². The first kappa shape index (κ1) is 21.8. The highest BCUT2D eigenvalue weighted by molar-refractivity contribution is 7.89. The van der Waals surface area contributed by atoms with Crippen molar-refractivity contribution in [2.45, 2.75) is 24.8 Å². The number of quaternary nitrogens is 1. The summed E-state index contributed by atoms with van der Waals surface area (Å²) >= 11 is 0. The second-order valence-electron chi connectivity index (χ2n) is 7.93. The zero-order valence-electron chi connectivity index (χ0n) is 17.7. The van der Waals surface area contributed by atoms with Gasteiger partial charge < -0.3 is 14.5 Å². The third-order valence-corrected chi connectivity index (χ3v) is 7.12. The van der Waals surface area contributed by atoms with Crippen LogP contribution in [0.25, 0.3) is 0 Å². The van der Waals surface area contributed by atoms with E-state index in [1.165, 1.54) is 4.90 Å². The summed E-state index contributed by atoms with van der Waals surface area (Å²) in [6, 6.07) is 13.9. The van der Waals surface area contributed by atoms with E-state index in [9.17, 15) is 8.42 Å². The van der Waals surface area contributed by atoms with Crippen molar-refractivity contribution in [3.63, 3.8) is 0 Å². The minimum atomic E-state index is -3.58. The molecule has 29 heavy (non-hydrogen) atoms. The number of nitrogens with one attached hydrogen (secondary N) is 2. The van der Waals surface area contributed by atoms with Gasteiger partial charge in [0.25, 0.3) is 0 Å². The summed E-state index contributed by atoms with van der Waals surface area (Å²) in [6.07, 6.45) is 0. The van der Waals surface area contributed by atoms with Gasteiger partial charge in [0, 0.05) is 25.3 Å². The SMILES string of the molecule is Cc1ccc(C)c(S(=O)(=O)NC[C@H](c2ccc(N(C)C)cc2)[NH+]2CCOCC2)c1. The van der Waals surface area contributed by atoms with E-state index in [-0.39, 0.29) is 6.04 Å². The first-order chi connectivity index (χ1) is 13.8. The van der Waals surface area contributed by atoms with Gasteiger partial charge >= 0.3 is 0 Å². The Morgan fingerprint density at radius 2 is 1.72 bits per heavy atom. The molecule has 0 saturated carbocycles. The predicted octanol–water partition coefficient (Wildman–Crippen LogP) is 1.30. The van der Waals surface area contributed by atoms with Crippen molar-refractivity contribution >= 4 is 15.7 Å². The number of morpholine rings is 1. The van der Waals surface area contributed by atoms with Gasteiger partial charge in [-0.05, 0) is 43.2 Å². The number of nitrogens with zero attached hydrogens (tertiary/aromatic N) is 1. The van der Waals surface area contributed by atoms with E-state index in [1.54, 1.807) is 6.07 Å². The smallest absolute Gasteiger partial charge is 0.241 e. The Balaban J connectivity index is 1.84. The number of anilines is 1. The lowest BCUT2D eigenvalue weighted by Gasteiger charge is -2.32. The Morgan fingerprint density at radius 1 is 1.07 bits per heavy atom. The maximum Gasteiger partial charge on any atom is 0.241 e. The third kappa shape index (κ3) is 5.36. The first-order valence-electron chi connectivity index (χ1n) is 10.0. The molecule has 0 unspecified atom stereocenters. The van der Waals surface area contributed by atoms with Crippen LogP contribution >= 0.6 is 0 Å². The lowest BCUT2D eigenvalue weighted by atomic mass is 10.0. The summed E-state index contributed by atoms with van der Waals surface area (Å²) in [6.45, 7) is 7.23. The monoisotopic (exact) mass is 418 g/mol. The molecule has 0 aromatic heterocycles. The van der Waals surface area contributed by atoms with Crippen molar-refractivity contribution in [2.24, 2.45) is 0 Å². The molecular formula is C22H32N3O3S+. The van der Waals surface area contributed by atoms with Gasteiger partial charge in [0.1, 0.15) is 19.1 Å². The van der Waals surface area contributed by atoms with Gasteiger partial charge in [-0.25, -0.2) is 13.1 Å². The molecule has 2 aromatic rings. The van der Waals surface area contributed by atoms with Gasteiger partial charge in [-0.15, -0.1) is 0 Å². The van der Waals surface area contributed by atoms with Crippen LogP contribution in [0.1, 0.15) is 22.7 Å². The highest BCUT2D eigenvalue weighted by Gasteiger charge is 2.28. The summed E-state index contributed by atoms with van der Waals surface area (Å²) < 4.78 is 34.4. The zero-order chi connectivity index (χ0) is 21.0. The summed E-state index contributed by atoms with van der Waals surface area (Å²) in [4.78, 5) is 3.76. The zero-order valence-corrected chi connectivity index (χ0v) is 18.6. The lowest BCUT2D eigenvalue weighted by molar-refractivity contribution is -0.937. The van der Waals surface area contributed by atoms with Crippen molar-refractivity contribution in [3.8, 4) is 0 Å². The molecule has 0 bridgehead atoms. The van der Waals surface area contributed by atoms with Crippen LogP contribution in [0.3, 0.4) is 0 Å². The molecule has 0 radical (unpaired) electrons. The van der Waals surface area contributed by atoms with Crippen LogP contribution in [0.15, 0.2) is 47.4 Å². The second-order valence-corrected chi connectivity index (χ2v) is 9.67. The number of rotatable bonds is 7. The molecule has 6 nitrogen and oxygen atoms in total. The molecule has 1 fully saturated rings. The minimum absolute atomic E-state index is 0.0370. The van der Waals surface area contributed by atoms with Crippen molar-refractivity contribution in [3.05, 3.63) is 59.2 Å². The highest BCUT2D eigenvalue weighted by Crippen LogP contribution is 2.19. The molecule has 2 N–H and O–H groups in total. The van der Waals surface area contributed by atoms with Crippen molar-refractivity contribution < 1.29 is 18.1 Å². The molecule has 1 saturated heterocycles. The summed E-state index contributed by atoms with van der Waals surface area (Å²) in [7, 11) is 0.444. The maximum absolute atomic E-state index is 13.0. The Labute approximate surface area is 174 Å². The van der Waals surface area contributed by atoms with E-state index in [4.69, 9.17) is 4.74 Å². The number of hydrogen-bond donors (Lipinski definition) is 2. The standard InChI is InChI=1S/C22H31N3O3S/c1-17-5-6-18(2)22(15-17)29(26,27)23-16-21(25-11-13-28-14-12-25)19-7-9-20(10-8-19)24(3)4/h5-10,15,21,23H,11-14,16H2,1-4H3/p+1/t21-/m1/s1. The van der Waals surface area contributed by atoms with Crippen molar-refractivity contribution in [1.29, 1.82) is 0 Å². The molecule has 0 aliphatic carbocycles. The molecule has 158 valence electrons. The quantitative estimate of drug-likeness (QED) is 0.712. The summed E-state index contributed by atoms with van der Waals surface area (Å²) in [5.41, 5.74) is 3.95. The Hall–Kier alpha value is -1.93. The van der Waals surface area contributed by atoms with Gasteiger partial charge in [0.15, 0.2) is 0 Å². The molecule has 1 atom stereocenters. The Bertz CT molecular complexity index is 921. The van der Waals surface area contributed by atoms with Gasteiger partial charge in [0.2, 0.25) is 10.0 Å². The van der Waals surface area contributed by atoms with Gasteiger partial charge in [-0.2, -0.15) is 0 Å². The fraction of sp³-hybridized carbons (Fsp3) is 0.455. The topological polar surface area (TPSA) is 63.1 Å². The fourth-order valence-corrected chi connectivity index (χ4v) is 5.13. The lowest BCUT2D eigenvalue weighted by Crippen LogP contribution is -3.15. The number of sulfonamides is 1. The van der Waals surface area contributed by atoms with Gasteiger partial charge in [-0.3, -0.25) is 0 Å². The molecule has 1 heterocycles. The third-order valence-electron chi connectivity index (χ3n) is 5.55. The van der Waals surface area contributed by atoms with Crippen LogP contribution in [0.5, 0.6) is 0 Å². The van der Waals surface area contributed by atoms with E-state index in [1.807, 2.05) is 40.1 Å². The normalized spacial score (nSPS) is 16.6. The van der Waals surface area contributed by atoms with E-state index < -0.39 is 10.0 Å². The van der Waals surface area contributed by atoms with E-state index in [0.29, 0.717) is 24.7 Å².